The first-order valence-electron chi connectivity index (χ1n) is 10.9. The normalized spacial score (nSPS) is 17.0. The highest BCUT2D eigenvalue weighted by molar-refractivity contribution is 7.89. The van der Waals surface area contributed by atoms with Crippen LogP contribution in [0.4, 0.5) is 10.1 Å². The van der Waals surface area contributed by atoms with E-state index in [4.69, 9.17) is 9.66 Å². The Labute approximate surface area is 197 Å². The molecule has 180 valence electrons. The average molecular weight is 488 g/mol. The van der Waals surface area contributed by atoms with Gasteiger partial charge in [-0.2, -0.15) is 4.98 Å². The van der Waals surface area contributed by atoms with E-state index < -0.39 is 10.0 Å². The van der Waals surface area contributed by atoms with Gasteiger partial charge in [0.2, 0.25) is 27.6 Å². The van der Waals surface area contributed by atoms with E-state index >= 15 is 0 Å². The third-order valence-corrected chi connectivity index (χ3v) is 6.88. The zero-order valence-electron chi connectivity index (χ0n) is 18.9. The molecule has 0 bridgehead atoms. The average Bonchev–Trinajstić information content (AvgIpc) is 3.27. The number of primary sulfonamides is 1. The SMILES string of the molecule is Cc1cc(S(N)(=O)=O)cc(NC(=O)CN2CCCC(c3nc(-c4cccc(F)c4)no3)C2)c1C. The number of halogens is 1. The van der Waals surface area contributed by atoms with E-state index in [1.165, 1.54) is 24.3 Å². The van der Waals surface area contributed by atoms with E-state index in [1.54, 1.807) is 26.0 Å². The van der Waals surface area contributed by atoms with Gasteiger partial charge in [-0.3, -0.25) is 9.69 Å². The van der Waals surface area contributed by atoms with E-state index in [0.29, 0.717) is 35.1 Å². The molecule has 1 unspecified atom stereocenters. The van der Waals surface area contributed by atoms with E-state index in [0.717, 1.165) is 24.9 Å². The van der Waals surface area contributed by atoms with Crippen molar-refractivity contribution in [3.05, 3.63) is 59.2 Å². The highest BCUT2D eigenvalue weighted by Crippen LogP contribution is 2.28. The molecule has 0 spiro atoms. The molecule has 1 fully saturated rings. The number of carbonyl (C=O) groups is 1. The number of nitrogens with two attached hydrogens (primary N) is 1. The molecule has 11 heteroatoms. The molecule has 1 atom stereocenters. The number of aryl methyl sites for hydroxylation is 1. The summed E-state index contributed by atoms with van der Waals surface area (Å²) < 4.78 is 42.4. The summed E-state index contributed by atoms with van der Waals surface area (Å²) in [5.74, 6) is 0.0899. The van der Waals surface area contributed by atoms with Crippen molar-refractivity contribution >= 4 is 21.6 Å². The van der Waals surface area contributed by atoms with Gasteiger partial charge in [-0.15, -0.1) is 0 Å². The first kappa shape index (κ1) is 24.0. The number of aromatic nitrogens is 2. The molecule has 1 aliphatic rings. The van der Waals surface area contributed by atoms with Crippen molar-refractivity contribution in [2.24, 2.45) is 5.14 Å². The number of piperidine rings is 1. The Bertz CT molecular complexity index is 1320. The Morgan fingerprint density at radius 2 is 2.09 bits per heavy atom. The summed E-state index contributed by atoms with van der Waals surface area (Å²) in [4.78, 5) is 19.1. The molecule has 0 saturated carbocycles. The number of hydrogen-bond donors (Lipinski definition) is 2. The van der Waals surface area contributed by atoms with Gasteiger partial charge in [0.15, 0.2) is 0 Å². The second-order valence-electron chi connectivity index (χ2n) is 8.55. The van der Waals surface area contributed by atoms with Gasteiger partial charge in [0, 0.05) is 17.8 Å². The highest BCUT2D eigenvalue weighted by Gasteiger charge is 2.27. The smallest absolute Gasteiger partial charge is 0.238 e. The fourth-order valence-corrected chi connectivity index (χ4v) is 4.68. The van der Waals surface area contributed by atoms with Gasteiger partial charge in [0.25, 0.3) is 0 Å². The van der Waals surface area contributed by atoms with Crippen molar-refractivity contribution in [3.8, 4) is 11.4 Å². The lowest BCUT2D eigenvalue weighted by Crippen LogP contribution is -2.40. The van der Waals surface area contributed by atoms with Crippen LogP contribution in [0.3, 0.4) is 0 Å². The number of hydrogen-bond acceptors (Lipinski definition) is 7. The van der Waals surface area contributed by atoms with Crippen LogP contribution in [0.15, 0.2) is 45.8 Å². The Kier molecular flexibility index (Phi) is 6.78. The van der Waals surface area contributed by atoms with Crippen LogP contribution in [-0.4, -0.2) is 49.0 Å². The molecule has 1 aromatic heterocycles. The predicted octanol–water partition coefficient (Wildman–Crippen LogP) is 2.96. The van der Waals surface area contributed by atoms with E-state index in [1.807, 2.05) is 4.90 Å². The lowest BCUT2D eigenvalue weighted by molar-refractivity contribution is -0.117. The van der Waals surface area contributed by atoms with Gasteiger partial charge in [-0.25, -0.2) is 17.9 Å². The van der Waals surface area contributed by atoms with Gasteiger partial charge in [0.1, 0.15) is 5.82 Å². The van der Waals surface area contributed by atoms with Crippen LogP contribution >= 0.6 is 0 Å². The van der Waals surface area contributed by atoms with Crippen molar-refractivity contribution in [2.75, 3.05) is 25.0 Å². The fraction of sp³-hybridized carbons (Fsp3) is 0.348. The third-order valence-electron chi connectivity index (χ3n) is 5.99. The minimum Gasteiger partial charge on any atom is -0.339 e. The monoisotopic (exact) mass is 487 g/mol. The number of nitrogens with zero attached hydrogens (tertiary/aromatic N) is 3. The number of amides is 1. The molecule has 1 aliphatic heterocycles. The van der Waals surface area contributed by atoms with Crippen LogP contribution in [0.5, 0.6) is 0 Å². The number of carbonyl (C=O) groups excluding carboxylic acids is 1. The summed E-state index contributed by atoms with van der Waals surface area (Å²) in [5.41, 5.74) is 2.44. The van der Waals surface area contributed by atoms with E-state index in [-0.39, 0.29) is 29.1 Å². The summed E-state index contributed by atoms with van der Waals surface area (Å²) in [6.45, 7) is 4.97. The molecular formula is C23H26FN5O4S. The van der Waals surface area contributed by atoms with Gasteiger partial charge < -0.3 is 9.84 Å². The maximum atomic E-state index is 13.5. The lowest BCUT2D eigenvalue weighted by Gasteiger charge is -2.30. The highest BCUT2D eigenvalue weighted by atomic mass is 32.2. The van der Waals surface area contributed by atoms with Crippen LogP contribution in [0, 0.1) is 19.7 Å². The van der Waals surface area contributed by atoms with Gasteiger partial charge in [0.05, 0.1) is 17.4 Å². The third kappa shape index (κ3) is 5.49. The van der Waals surface area contributed by atoms with Crippen LogP contribution in [-0.2, 0) is 14.8 Å². The largest absolute Gasteiger partial charge is 0.339 e. The summed E-state index contributed by atoms with van der Waals surface area (Å²) in [6.07, 6.45) is 1.67. The molecular weight excluding hydrogens is 461 g/mol. The maximum Gasteiger partial charge on any atom is 0.238 e. The Balaban J connectivity index is 1.42. The van der Waals surface area contributed by atoms with Crippen molar-refractivity contribution < 1.29 is 22.1 Å². The van der Waals surface area contributed by atoms with Crippen molar-refractivity contribution in [2.45, 2.75) is 37.5 Å². The summed E-state index contributed by atoms with van der Waals surface area (Å²) in [6, 6.07) is 8.86. The minimum absolute atomic E-state index is 0.0468. The van der Waals surface area contributed by atoms with E-state index in [9.17, 15) is 17.6 Å². The molecule has 0 aliphatic carbocycles. The standard InChI is InChI=1S/C23H26FN5O4S/c1-14-9-19(34(25,31)32)11-20(15(14)2)26-21(30)13-29-8-4-6-17(12-29)23-27-22(28-33-23)16-5-3-7-18(24)10-16/h3,5,7,9-11,17H,4,6,8,12-13H2,1-2H3,(H,26,30)(H2,25,31,32). The molecule has 1 saturated heterocycles. The second kappa shape index (κ2) is 9.61. The van der Waals surface area contributed by atoms with E-state index in [2.05, 4.69) is 15.5 Å². The fourth-order valence-electron chi connectivity index (χ4n) is 4.06. The zero-order chi connectivity index (χ0) is 24.5. The summed E-state index contributed by atoms with van der Waals surface area (Å²) >= 11 is 0. The van der Waals surface area contributed by atoms with Gasteiger partial charge >= 0.3 is 0 Å². The summed E-state index contributed by atoms with van der Waals surface area (Å²) in [5, 5.41) is 12.0. The number of sulfonamides is 1. The summed E-state index contributed by atoms with van der Waals surface area (Å²) in [7, 11) is -3.89. The van der Waals surface area contributed by atoms with Crippen LogP contribution in [0.2, 0.25) is 0 Å². The van der Waals surface area contributed by atoms with Crippen LogP contribution < -0.4 is 10.5 Å². The topological polar surface area (TPSA) is 131 Å². The maximum absolute atomic E-state index is 13.5. The molecule has 4 rings (SSSR count). The predicted molar refractivity (Wildman–Crippen MR) is 124 cm³/mol. The first-order valence-corrected chi connectivity index (χ1v) is 12.4. The molecule has 2 aromatic carbocycles. The lowest BCUT2D eigenvalue weighted by atomic mass is 9.98. The van der Waals surface area contributed by atoms with Crippen molar-refractivity contribution in [3.63, 3.8) is 0 Å². The van der Waals surface area contributed by atoms with Crippen LogP contribution in [0.25, 0.3) is 11.4 Å². The quantitative estimate of drug-likeness (QED) is 0.546. The van der Waals surface area contributed by atoms with Crippen LogP contribution in [0.1, 0.15) is 35.8 Å². The minimum atomic E-state index is -3.89. The number of likely N-dealkylation sites (tertiary alicyclic amines) is 1. The number of benzene rings is 2. The zero-order valence-corrected chi connectivity index (χ0v) is 19.7. The Morgan fingerprint density at radius 3 is 2.82 bits per heavy atom. The molecule has 2 heterocycles. The Morgan fingerprint density at radius 1 is 1.29 bits per heavy atom. The number of anilines is 1. The molecule has 0 radical (unpaired) electrons. The van der Waals surface area contributed by atoms with Crippen molar-refractivity contribution in [1.29, 1.82) is 0 Å². The van der Waals surface area contributed by atoms with Gasteiger partial charge in [-0.1, -0.05) is 17.3 Å². The van der Waals surface area contributed by atoms with Gasteiger partial charge in [-0.05, 0) is 68.6 Å². The second-order valence-corrected chi connectivity index (χ2v) is 10.1. The Hall–Kier alpha value is -3.15. The molecule has 3 N–H and O–H groups in total. The molecule has 3 aromatic rings. The number of rotatable bonds is 6. The first-order chi connectivity index (χ1) is 16.1. The molecule has 34 heavy (non-hydrogen) atoms. The molecule has 9 nitrogen and oxygen atoms in total. The molecule has 1 amide bonds. The number of nitrogens with one attached hydrogen (secondary N) is 1. The van der Waals surface area contributed by atoms with Crippen molar-refractivity contribution in [1.82, 2.24) is 15.0 Å².